The third-order valence-corrected chi connectivity index (χ3v) is 3.50. The fraction of sp³-hybridized carbons (Fsp3) is 0.364. The van der Waals surface area contributed by atoms with E-state index in [1.165, 1.54) is 12.1 Å². The molecule has 7 heteroatoms. The van der Waals surface area contributed by atoms with Crippen LogP contribution in [0.2, 0.25) is 5.02 Å². The van der Waals surface area contributed by atoms with E-state index in [2.05, 4.69) is 5.32 Å². The molecule has 0 unspecified atom stereocenters. The van der Waals surface area contributed by atoms with Crippen LogP contribution in [0.3, 0.4) is 0 Å². The second-order valence-corrected chi connectivity index (χ2v) is 6.67. The van der Waals surface area contributed by atoms with Crippen LogP contribution in [0.5, 0.6) is 0 Å². The first-order valence-corrected chi connectivity index (χ1v) is 7.74. The number of anilines is 1. The monoisotopic (exact) mass is 290 g/mol. The van der Waals surface area contributed by atoms with Crippen LogP contribution < -0.4 is 11.1 Å². The third-order valence-electron chi connectivity index (χ3n) is 2.24. The van der Waals surface area contributed by atoms with Crippen molar-refractivity contribution in [3.8, 4) is 0 Å². The molecule has 0 bridgehead atoms. The summed E-state index contributed by atoms with van der Waals surface area (Å²) in [5.74, 6) is -0.290. The van der Waals surface area contributed by atoms with Gasteiger partial charge in [0.15, 0.2) is 0 Å². The number of amides is 1. The Hall–Kier alpha value is -1.27. The number of nitrogens with one attached hydrogen (secondary N) is 1. The number of halogens is 1. The first-order valence-electron chi connectivity index (χ1n) is 5.30. The van der Waals surface area contributed by atoms with E-state index < -0.39 is 9.84 Å². The molecule has 1 aromatic carbocycles. The highest BCUT2D eigenvalue weighted by atomic mass is 35.5. The summed E-state index contributed by atoms with van der Waals surface area (Å²) in [6.07, 6.45) is 1.53. The third kappa shape index (κ3) is 4.93. The highest BCUT2D eigenvalue weighted by Crippen LogP contribution is 2.17. The molecule has 0 heterocycles. The van der Waals surface area contributed by atoms with Crippen LogP contribution in [0.25, 0.3) is 0 Å². The van der Waals surface area contributed by atoms with Gasteiger partial charge in [-0.1, -0.05) is 11.6 Å². The zero-order chi connectivity index (χ0) is 13.8. The van der Waals surface area contributed by atoms with Gasteiger partial charge in [0.25, 0.3) is 5.91 Å². The second-order valence-electron chi connectivity index (χ2n) is 3.97. The lowest BCUT2D eigenvalue weighted by Gasteiger charge is -2.07. The van der Waals surface area contributed by atoms with Gasteiger partial charge in [0, 0.05) is 23.5 Å². The Morgan fingerprint density at radius 1 is 1.44 bits per heavy atom. The van der Waals surface area contributed by atoms with Crippen molar-refractivity contribution in [2.75, 3.05) is 24.3 Å². The second kappa shape index (κ2) is 6.06. The van der Waals surface area contributed by atoms with Gasteiger partial charge in [0.2, 0.25) is 0 Å². The van der Waals surface area contributed by atoms with Crippen molar-refractivity contribution in [2.24, 2.45) is 0 Å². The minimum atomic E-state index is -2.99. The maximum absolute atomic E-state index is 11.7. The van der Waals surface area contributed by atoms with Crippen LogP contribution >= 0.6 is 11.6 Å². The lowest BCUT2D eigenvalue weighted by atomic mass is 10.1. The van der Waals surface area contributed by atoms with Crippen molar-refractivity contribution in [3.05, 3.63) is 28.8 Å². The topological polar surface area (TPSA) is 89.3 Å². The molecule has 1 aromatic rings. The smallest absolute Gasteiger partial charge is 0.253 e. The molecule has 1 rings (SSSR count). The van der Waals surface area contributed by atoms with Crippen LogP contribution in [-0.2, 0) is 9.84 Å². The fourth-order valence-corrected chi connectivity index (χ4v) is 2.22. The van der Waals surface area contributed by atoms with Crippen LogP contribution in [0, 0.1) is 0 Å². The van der Waals surface area contributed by atoms with E-state index in [-0.39, 0.29) is 18.2 Å². The van der Waals surface area contributed by atoms with Gasteiger partial charge in [0.1, 0.15) is 9.84 Å². The number of benzene rings is 1. The van der Waals surface area contributed by atoms with Gasteiger partial charge in [-0.3, -0.25) is 4.79 Å². The van der Waals surface area contributed by atoms with E-state index in [1.807, 2.05) is 0 Å². The van der Waals surface area contributed by atoms with E-state index in [9.17, 15) is 13.2 Å². The molecule has 3 N–H and O–H groups in total. The maximum atomic E-state index is 11.7. The van der Waals surface area contributed by atoms with Gasteiger partial charge in [-0.15, -0.1) is 0 Å². The molecular formula is C11H15ClN2O3S. The zero-order valence-electron chi connectivity index (χ0n) is 9.94. The molecule has 0 saturated heterocycles. The van der Waals surface area contributed by atoms with Crippen LogP contribution in [-0.4, -0.2) is 32.9 Å². The van der Waals surface area contributed by atoms with E-state index in [0.717, 1.165) is 6.26 Å². The molecule has 0 radical (unpaired) electrons. The van der Waals surface area contributed by atoms with Crippen molar-refractivity contribution < 1.29 is 13.2 Å². The Balaban J connectivity index is 2.51. The lowest BCUT2D eigenvalue weighted by Crippen LogP contribution is -2.26. The Kier molecular flexibility index (Phi) is 4.98. The van der Waals surface area contributed by atoms with Gasteiger partial charge in [-0.2, -0.15) is 0 Å². The number of nitrogens with two attached hydrogens (primary N) is 1. The Bertz CT molecular complexity index is 543. The maximum Gasteiger partial charge on any atom is 0.253 e. The molecule has 0 aliphatic carbocycles. The lowest BCUT2D eigenvalue weighted by molar-refractivity contribution is 0.0954. The van der Waals surface area contributed by atoms with Gasteiger partial charge in [0.05, 0.1) is 11.3 Å². The van der Waals surface area contributed by atoms with Gasteiger partial charge in [-0.05, 0) is 24.6 Å². The van der Waals surface area contributed by atoms with Crippen molar-refractivity contribution in [2.45, 2.75) is 6.42 Å². The zero-order valence-corrected chi connectivity index (χ0v) is 11.5. The Labute approximate surface area is 111 Å². The normalized spacial score (nSPS) is 11.2. The number of hydrogen-bond donors (Lipinski definition) is 2. The molecule has 0 fully saturated rings. The summed E-state index contributed by atoms with van der Waals surface area (Å²) in [4.78, 5) is 11.7. The molecule has 0 aliphatic rings. The molecule has 0 spiro atoms. The van der Waals surface area contributed by atoms with Gasteiger partial charge in [-0.25, -0.2) is 8.42 Å². The number of carbonyl (C=O) groups is 1. The standard InChI is InChI=1S/C11H15ClN2O3S/c1-18(16,17)6-2-5-14-11(15)9-4-3-8(12)7-10(9)13/h3-4,7H,2,5-6,13H2,1H3,(H,14,15). The minimum absolute atomic E-state index is 0.0450. The first-order chi connectivity index (χ1) is 8.29. The van der Waals surface area contributed by atoms with E-state index in [1.54, 1.807) is 6.07 Å². The van der Waals surface area contributed by atoms with Gasteiger partial charge < -0.3 is 11.1 Å². The SMILES string of the molecule is CS(=O)(=O)CCCNC(=O)c1ccc(Cl)cc1N. The summed E-state index contributed by atoms with van der Waals surface area (Å²) >= 11 is 5.72. The highest BCUT2D eigenvalue weighted by Gasteiger charge is 2.09. The fourth-order valence-electron chi connectivity index (χ4n) is 1.37. The van der Waals surface area contributed by atoms with E-state index in [0.29, 0.717) is 22.7 Å². The largest absolute Gasteiger partial charge is 0.398 e. The van der Waals surface area contributed by atoms with Crippen molar-refractivity contribution >= 4 is 33.0 Å². The van der Waals surface area contributed by atoms with Crippen LogP contribution in [0.4, 0.5) is 5.69 Å². The minimum Gasteiger partial charge on any atom is -0.398 e. The number of nitrogen functional groups attached to an aromatic ring is 1. The average molecular weight is 291 g/mol. The van der Waals surface area contributed by atoms with E-state index >= 15 is 0 Å². The summed E-state index contributed by atoms with van der Waals surface area (Å²) in [5.41, 5.74) is 6.28. The average Bonchev–Trinajstić information content (AvgIpc) is 2.22. The molecule has 0 saturated carbocycles. The molecule has 100 valence electrons. The summed E-state index contributed by atoms with van der Waals surface area (Å²) < 4.78 is 21.8. The Morgan fingerprint density at radius 2 is 2.11 bits per heavy atom. The predicted octanol–water partition coefficient (Wildman–Crippen LogP) is 1.09. The summed E-state index contributed by atoms with van der Waals surface area (Å²) in [7, 11) is -2.99. The number of sulfone groups is 1. The molecule has 1 amide bonds. The van der Waals surface area contributed by atoms with Crippen LogP contribution in [0.1, 0.15) is 16.8 Å². The van der Waals surface area contributed by atoms with Gasteiger partial charge >= 0.3 is 0 Å². The molecule has 5 nitrogen and oxygen atoms in total. The molecule has 18 heavy (non-hydrogen) atoms. The number of hydrogen-bond acceptors (Lipinski definition) is 4. The van der Waals surface area contributed by atoms with Crippen LogP contribution in [0.15, 0.2) is 18.2 Å². The molecule has 0 atom stereocenters. The summed E-state index contributed by atoms with van der Waals surface area (Å²) in [5, 5.41) is 3.06. The quantitative estimate of drug-likeness (QED) is 0.627. The number of rotatable bonds is 5. The molecule has 0 aromatic heterocycles. The molecular weight excluding hydrogens is 276 g/mol. The predicted molar refractivity (Wildman–Crippen MR) is 72.5 cm³/mol. The highest BCUT2D eigenvalue weighted by molar-refractivity contribution is 7.90. The first kappa shape index (κ1) is 14.8. The number of carbonyl (C=O) groups excluding carboxylic acids is 1. The van der Waals surface area contributed by atoms with Crippen molar-refractivity contribution in [3.63, 3.8) is 0 Å². The van der Waals surface area contributed by atoms with Crippen molar-refractivity contribution in [1.29, 1.82) is 0 Å². The summed E-state index contributed by atoms with van der Waals surface area (Å²) in [6, 6.07) is 4.60. The Morgan fingerprint density at radius 3 is 2.67 bits per heavy atom. The van der Waals surface area contributed by atoms with E-state index in [4.69, 9.17) is 17.3 Å². The molecule has 0 aliphatic heterocycles. The summed E-state index contributed by atoms with van der Waals surface area (Å²) in [6.45, 7) is 0.286. The van der Waals surface area contributed by atoms with Crippen molar-refractivity contribution in [1.82, 2.24) is 5.32 Å².